The molecular formula is C23H29N3S. The molecule has 0 saturated heterocycles. The van der Waals surface area contributed by atoms with Gasteiger partial charge in [0.1, 0.15) is 5.82 Å². The average molecular weight is 380 g/mol. The van der Waals surface area contributed by atoms with E-state index >= 15 is 0 Å². The van der Waals surface area contributed by atoms with Gasteiger partial charge in [-0.05, 0) is 79.4 Å². The van der Waals surface area contributed by atoms with Gasteiger partial charge in [0.25, 0.3) is 0 Å². The molecule has 0 aliphatic heterocycles. The summed E-state index contributed by atoms with van der Waals surface area (Å²) in [4.78, 5) is 10.5. The molecule has 3 nitrogen and oxygen atoms in total. The molecule has 0 unspecified atom stereocenters. The van der Waals surface area contributed by atoms with Gasteiger partial charge in [-0.25, -0.2) is 4.98 Å². The number of benzene rings is 2. The van der Waals surface area contributed by atoms with Gasteiger partial charge in [-0.2, -0.15) is 10.0 Å². The molecule has 0 aliphatic rings. The van der Waals surface area contributed by atoms with Crippen LogP contribution in [0.5, 0.6) is 0 Å². The Morgan fingerprint density at radius 1 is 1.04 bits per heavy atom. The molecule has 3 aromatic rings. The van der Waals surface area contributed by atoms with Gasteiger partial charge in [0, 0.05) is 5.56 Å². The third-order valence-electron chi connectivity index (χ3n) is 4.28. The van der Waals surface area contributed by atoms with Crippen LogP contribution in [0.25, 0.3) is 22.2 Å². The lowest BCUT2D eigenvalue weighted by Crippen LogP contribution is -2.19. The number of aromatic amines is 1. The molecule has 1 N–H and O–H groups in total. The van der Waals surface area contributed by atoms with Gasteiger partial charge in [-0.1, -0.05) is 31.0 Å². The van der Waals surface area contributed by atoms with Crippen molar-refractivity contribution in [2.75, 3.05) is 32.4 Å². The van der Waals surface area contributed by atoms with E-state index in [1.54, 1.807) is 0 Å². The summed E-state index contributed by atoms with van der Waals surface area (Å²) in [6, 6.07) is 14.9. The first kappa shape index (κ1) is 19.5. The second-order valence-corrected chi connectivity index (χ2v) is 11.7. The fraction of sp³-hybridized carbons (Fsp3) is 0.348. The number of imidazole rings is 1. The highest BCUT2D eigenvalue weighted by atomic mass is 32.3. The Morgan fingerprint density at radius 3 is 2.41 bits per heavy atom. The van der Waals surface area contributed by atoms with Crippen molar-refractivity contribution in [2.45, 2.75) is 19.9 Å². The van der Waals surface area contributed by atoms with Crippen molar-refractivity contribution in [1.82, 2.24) is 14.9 Å². The fourth-order valence-corrected chi connectivity index (χ4v) is 3.42. The van der Waals surface area contributed by atoms with Crippen molar-refractivity contribution in [3.05, 3.63) is 53.9 Å². The van der Waals surface area contributed by atoms with Crippen LogP contribution in [0.3, 0.4) is 0 Å². The first-order chi connectivity index (χ1) is 12.8. The van der Waals surface area contributed by atoms with Crippen molar-refractivity contribution in [2.24, 2.45) is 0 Å². The van der Waals surface area contributed by atoms with E-state index < -0.39 is 10.0 Å². The van der Waals surface area contributed by atoms with Gasteiger partial charge in [-0.3, -0.25) is 4.90 Å². The molecule has 1 aromatic heterocycles. The van der Waals surface area contributed by atoms with Crippen LogP contribution >= 0.6 is 10.0 Å². The van der Waals surface area contributed by atoms with E-state index in [2.05, 4.69) is 96.3 Å². The summed E-state index contributed by atoms with van der Waals surface area (Å²) in [7, 11) is 1.34. The Bertz CT molecular complexity index is 969. The lowest BCUT2D eigenvalue weighted by atomic mass is 10.0. The second-order valence-electron chi connectivity index (χ2n) is 7.79. The van der Waals surface area contributed by atoms with Crippen molar-refractivity contribution >= 4 is 21.1 Å². The highest BCUT2D eigenvalue weighted by Gasteiger charge is 2.07. The number of nitrogens with one attached hydrogen (secondary N) is 1. The zero-order chi connectivity index (χ0) is 19.4. The van der Waals surface area contributed by atoms with Crippen LogP contribution in [-0.2, 0) is 6.54 Å². The van der Waals surface area contributed by atoms with Crippen LogP contribution < -0.4 is 0 Å². The maximum Gasteiger partial charge on any atom is 0.121 e. The number of hydrogen-bond acceptors (Lipinski definition) is 2. The topological polar surface area (TPSA) is 31.9 Å². The minimum Gasteiger partial charge on any atom is -0.341 e. The van der Waals surface area contributed by atoms with E-state index in [9.17, 15) is 0 Å². The summed E-state index contributed by atoms with van der Waals surface area (Å²) < 4.78 is 0. The summed E-state index contributed by atoms with van der Waals surface area (Å²) in [5.41, 5.74) is 5.58. The van der Waals surface area contributed by atoms with Crippen LogP contribution in [-0.4, -0.2) is 47.2 Å². The molecule has 2 aromatic carbocycles. The third-order valence-corrected chi connectivity index (χ3v) is 4.99. The van der Waals surface area contributed by atoms with Crippen molar-refractivity contribution in [1.29, 1.82) is 0 Å². The van der Waals surface area contributed by atoms with Crippen LogP contribution in [0.2, 0.25) is 0 Å². The first-order valence-corrected chi connectivity index (χ1v) is 12.2. The molecule has 0 radical (unpaired) electrons. The molecule has 1 heterocycles. The first-order valence-electron chi connectivity index (χ1n) is 9.33. The SMILES string of the molecule is CCCN(C)Cc1nc2ccc(-c3ccc(C#CS(C)(C)C)cc3)cc2[nH]1. The van der Waals surface area contributed by atoms with Gasteiger partial charge >= 0.3 is 0 Å². The van der Waals surface area contributed by atoms with Gasteiger partial charge in [0.2, 0.25) is 0 Å². The smallest absolute Gasteiger partial charge is 0.121 e. The molecule has 142 valence electrons. The quantitative estimate of drug-likeness (QED) is 0.627. The van der Waals surface area contributed by atoms with Crippen molar-refractivity contribution in [3.8, 4) is 22.3 Å². The normalized spacial score (nSPS) is 12.2. The Balaban J connectivity index is 1.81. The number of H-pyrrole nitrogens is 1. The summed E-state index contributed by atoms with van der Waals surface area (Å²) in [5.74, 6) is 4.31. The predicted molar refractivity (Wildman–Crippen MR) is 120 cm³/mol. The van der Waals surface area contributed by atoms with Crippen molar-refractivity contribution in [3.63, 3.8) is 0 Å². The Morgan fingerprint density at radius 2 is 1.74 bits per heavy atom. The third kappa shape index (κ3) is 5.38. The molecule has 0 aliphatic carbocycles. The summed E-state index contributed by atoms with van der Waals surface area (Å²) in [6.45, 7) is 4.12. The highest BCUT2D eigenvalue weighted by molar-refractivity contribution is 8.35. The lowest BCUT2D eigenvalue weighted by Gasteiger charge is -2.14. The highest BCUT2D eigenvalue weighted by Crippen LogP contribution is 2.32. The number of nitrogens with zero attached hydrogens (tertiary/aromatic N) is 2. The van der Waals surface area contributed by atoms with Gasteiger partial charge in [-0.15, -0.1) is 0 Å². The van der Waals surface area contributed by atoms with Gasteiger partial charge < -0.3 is 4.98 Å². The minimum atomic E-state index is -0.795. The zero-order valence-electron chi connectivity index (χ0n) is 17.0. The molecular weight excluding hydrogens is 350 g/mol. The summed E-state index contributed by atoms with van der Waals surface area (Å²) >= 11 is 0. The average Bonchev–Trinajstić information content (AvgIpc) is 3.01. The molecule has 0 saturated carbocycles. The van der Waals surface area contributed by atoms with E-state index in [-0.39, 0.29) is 0 Å². The Labute approximate surface area is 164 Å². The molecule has 0 fully saturated rings. The summed E-state index contributed by atoms with van der Waals surface area (Å²) in [5, 5.41) is 3.36. The molecule has 0 atom stereocenters. The van der Waals surface area contributed by atoms with Crippen molar-refractivity contribution < 1.29 is 0 Å². The Kier molecular flexibility index (Phi) is 5.94. The van der Waals surface area contributed by atoms with Gasteiger partial charge in [0.15, 0.2) is 0 Å². The van der Waals surface area contributed by atoms with E-state index in [0.29, 0.717) is 0 Å². The van der Waals surface area contributed by atoms with E-state index in [1.165, 1.54) is 11.1 Å². The summed E-state index contributed by atoms with van der Waals surface area (Å²) in [6.07, 6.45) is 7.78. The molecule has 4 heteroatoms. The van der Waals surface area contributed by atoms with Crippen LogP contribution in [0.1, 0.15) is 24.7 Å². The number of aromatic nitrogens is 2. The number of hydrogen-bond donors (Lipinski definition) is 1. The minimum absolute atomic E-state index is 0.795. The molecule has 3 rings (SSSR count). The van der Waals surface area contributed by atoms with E-state index in [4.69, 9.17) is 4.98 Å². The standard InChI is InChI=1S/C23H29N3S/c1-6-14-26(2)17-23-24-21-12-11-20(16-22(21)25-23)19-9-7-18(8-10-19)13-15-27(3,4)5/h7-12,16H,6,14,17H2,1-5H3,(H,24,25). The molecule has 0 amide bonds. The largest absolute Gasteiger partial charge is 0.341 e. The van der Waals surface area contributed by atoms with Gasteiger partial charge in [0.05, 0.1) is 17.6 Å². The Hall–Kier alpha value is -2.22. The maximum absolute atomic E-state index is 4.72. The zero-order valence-corrected chi connectivity index (χ0v) is 17.8. The van der Waals surface area contributed by atoms with Crippen LogP contribution in [0, 0.1) is 11.2 Å². The molecule has 0 spiro atoms. The fourth-order valence-electron chi connectivity index (χ4n) is 2.99. The number of rotatable bonds is 5. The second kappa shape index (κ2) is 8.21. The lowest BCUT2D eigenvalue weighted by molar-refractivity contribution is 0.320. The number of fused-ring (bicyclic) bond motifs is 1. The monoisotopic (exact) mass is 379 g/mol. The van der Waals surface area contributed by atoms with E-state index in [1.807, 2.05) is 0 Å². The van der Waals surface area contributed by atoms with E-state index in [0.717, 1.165) is 41.9 Å². The molecule has 0 bridgehead atoms. The predicted octanol–water partition coefficient (Wildman–Crippen LogP) is 5.07. The van der Waals surface area contributed by atoms with Crippen LogP contribution in [0.4, 0.5) is 0 Å². The van der Waals surface area contributed by atoms with Crippen LogP contribution in [0.15, 0.2) is 42.5 Å². The maximum atomic E-state index is 4.72. The molecule has 27 heavy (non-hydrogen) atoms.